The van der Waals surface area contributed by atoms with Crippen molar-refractivity contribution in [3.05, 3.63) is 0 Å². The van der Waals surface area contributed by atoms with Crippen molar-refractivity contribution in [3.63, 3.8) is 0 Å². The van der Waals surface area contributed by atoms with Crippen molar-refractivity contribution in [3.8, 4) is 0 Å². The van der Waals surface area contributed by atoms with E-state index in [1.165, 1.54) is 0 Å². The molecule has 4 heteroatoms. The van der Waals surface area contributed by atoms with E-state index in [4.69, 9.17) is 4.74 Å². The molecular weight excluding hydrogens is 199 g/mol. The number of carbonyl (C=O) groups is 1. The SMILES string of the molecule is CCOC(=O)C(CC)CC.Cl.Cl. The van der Waals surface area contributed by atoms with Crippen LogP contribution in [-0.2, 0) is 9.53 Å². The van der Waals surface area contributed by atoms with Crippen LogP contribution in [0.25, 0.3) is 0 Å². The Bertz CT molecular complexity index is 103. The molecule has 0 unspecified atom stereocenters. The Morgan fingerprint density at radius 2 is 1.58 bits per heavy atom. The Balaban J connectivity index is -0.000000405. The molecule has 2 nitrogen and oxygen atoms in total. The predicted octanol–water partition coefficient (Wildman–Crippen LogP) is 2.83. The fourth-order valence-corrected chi connectivity index (χ4v) is 0.882. The summed E-state index contributed by atoms with van der Waals surface area (Å²) in [6.45, 7) is 6.34. The van der Waals surface area contributed by atoms with Crippen LogP contribution in [0.2, 0.25) is 0 Å². The molecule has 0 atom stereocenters. The van der Waals surface area contributed by atoms with E-state index in [-0.39, 0.29) is 36.7 Å². The largest absolute Gasteiger partial charge is 0.466 e. The van der Waals surface area contributed by atoms with Crippen LogP contribution >= 0.6 is 24.8 Å². The number of rotatable bonds is 4. The highest BCUT2D eigenvalue weighted by Crippen LogP contribution is 2.08. The van der Waals surface area contributed by atoms with Crippen LogP contribution in [0.4, 0.5) is 0 Å². The minimum absolute atomic E-state index is 0. The van der Waals surface area contributed by atoms with Gasteiger partial charge in [-0.05, 0) is 19.8 Å². The lowest BCUT2D eigenvalue weighted by atomic mass is 10.0. The molecule has 0 aliphatic carbocycles. The van der Waals surface area contributed by atoms with Crippen LogP contribution in [0.1, 0.15) is 33.6 Å². The summed E-state index contributed by atoms with van der Waals surface area (Å²) in [5.41, 5.74) is 0. The number of esters is 1. The van der Waals surface area contributed by atoms with Gasteiger partial charge in [0.05, 0.1) is 12.5 Å². The van der Waals surface area contributed by atoms with E-state index in [0.717, 1.165) is 12.8 Å². The molecule has 0 amide bonds. The number of ether oxygens (including phenoxy) is 1. The fraction of sp³-hybridized carbons (Fsp3) is 0.875. The van der Waals surface area contributed by atoms with E-state index in [9.17, 15) is 4.79 Å². The molecule has 12 heavy (non-hydrogen) atoms. The molecule has 0 aromatic heterocycles. The zero-order chi connectivity index (χ0) is 7.98. The van der Waals surface area contributed by atoms with Crippen LogP contribution in [-0.4, -0.2) is 12.6 Å². The summed E-state index contributed by atoms with van der Waals surface area (Å²) >= 11 is 0. The number of carbonyl (C=O) groups excluding carboxylic acids is 1. The molecule has 0 aliphatic heterocycles. The van der Waals surface area contributed by atoms with Crippen molar-refractivity contribution in [1.29, 1.82) is 0 Å². The van der Waals surface area contributed by atoms with Crippen molar-refractivity contribution in [1.82, 2.24) is 0 Å². The monoisotopic (exact) mass is 216 g/mol. The summed E-state index contributed by atoms with van der Waals surface area (Å²) in [7, 11) is 0. The third kappa shape index (κ3) is 6.74. The van der Waals surface area contributed by atoms with E-state index in [1.807, 2.05) is 20.8 Å². The Labute approximate surface area is 86.9 Å². The topological polar surface area (TPSA) is 26.3 Å². The Hall–Kier alpha value is 0.0500. The van der Waals surface area contributed by atoms with Crippen molar-refractivity contribution in [2.24, 2.45) is 5.92 Å². The van der Waals surface area contributed by atoms with Gasteiger partial charge in [0.2, 0.25) is 0 Å². The molecule has 0 N–H and O–H groups in total. The summed E-state index contributed by atoms with van der Waals surface area (Å²) < 4.78 is 4.85. The molecule has 0 aromatic carbocycles. The second kappa shape index (κ2) is 11.1. The van der Waals surface area contributed by atoms with Gasteiger partial charge in [-0.3, -0.25) is 4.79 Å². The quantitative estimate of drug-likeness (QED) is 0.677. The maximum absolute atomic E-state index is 11.0. The van der Waals surface area contributed by atoms with Crippen molar-refractivity contribution < 1.29 is 9.53 Å². The van der Waals surface area contributed by atoms with Gasteiger partial charge in [-0.15, -0.1) is 24.8 Å². The van der Waals surface area contributed by atoms with Gasteiger partial charge in [0.25, 0.3) is 0 Å². The van der Waals surface area contributed by atoms with Crippen LogP contribution < -0.4 is 0 Å². The molecular formula is C8H18Cl2O2. The minimum Gasteiger partial charge on any atom is -0.466 e. The second-order valence-electron chi connectivity index (χ2n) is 2.27. The molecule has 0 aromatic rings. The molecule has 0 saturated carbocycles. The van der Waals surface area contributed by atoms with Gasteiger partial charge in [0.15, 0.2) is 0 Å². The molecule has 0 radical (unpaired) electrons. The van der Waals surface area contributed by atoms with Crippen LogP contribution in [0, 0.1) is 5.92 Å². The normalized spacial score (nSPS) is 8.33. The van der Waals surface area contributed by atoms with E-state index in [0.29, 0.717) is 6.61 Å². The van der Waals surface area contributed by atoms with Crippen molar-refractivity contribution in [2.45, 2.75) is 33.6 Å². The molecule has 76 valence electrons. The molecule has 0 heterocycles. The average Bonchev–Trinajstić information content (AvgIpc) is 1.91. The van der Waals surface area contributed by atoms with Crippen LogP contribution in [0.15, 0.2) is 0 Å². The summed E-state index contributed by atoms with van der Waals surface area (Å²) in [6.07, 6.45) is 1.77. The van der Waals surface area contributed by atoms with E-state index >= 15 is 0 Å². The summed E-state index contributed by atoms with van der Waals surface area (Å²) in [5.74, 6) is 0.0625. The van der Waals surface area contributed by atoms with Gasteiger partial charge < -0.3 is 4.74 Å². The zero-order valence-electron chi connectivity index (χ0n) is 7.83. The van der Waals surface area contributed by atoms with E-state index in [2.05, 4.69) is 0 Å². The third-order valence-corrected chi connectivity index (χ3v) is 1.61. The Kier molecular flexibility index (Phi) is 16.5. The Morgan fingerprint density at radius 3 is 1.83 bits per heavy atom. The highest BCUT2D eigenvalue weighted by Gasteiger charge is 2.13. The second-order valence-corrected chi connectivity index (χ2v) is 2.27. The molecule has 0 spiro atoms. The molecule has 0 bridgehead atoms. The maximum atomic E-state index is 11.0. The molecule has 0 rings (SSSR count). The lowest BCUT2D eigenvalue weighted by Crippen LogP contribution is -2.15. The summed E-state index contributed by atoms with van der Waals surface area (Å²) in [6, 6.07) is 0. The van der Waals surface area contributed by atoms with Gasteiger partial charge in [-0.2, -0.15) is 0 Å². The molecule has 0 fully saturated rings. The first-order valence-corrected chi connectivity index (χ1v) is 3.92. The first-order chi connectivity index (χ1) is 4.76. The zero-order valence-corrected chi connectivity index (χ0v) is 9.46. The van der Waals surface area contributed by atoms with Crippen LogP contribution in [0.3, 0.4) is 0 Å². The lowest BCUT2D eigenvalue weighted by Gasteiger charge is -2.09. The standard InChI is InChI=1S/C8H16O2.2ClH/c1-4-7(5-2)8(9)10-6-3;;/h7H,4-6H2,1-3H3;2*1H. The van der Waals surface area contributed by atoms with Crippen LogP contribution in [0.5, 0.6) is 0 Å². The van der Waals surface area contributed by atoms with Crippen molar-refractivity contribution >= 4 is 30.8 Å². The predicted molar refractivity (Wildman–Crippen MR) is 55.2 cm³/mol. The van der Waals surface area contributed by atoms with Gasteiger partial charge >= 0.3 is 5.97 Å². The highest BCUT2D eigenvalue weighted by molar-refractivity contribution is 5.85. The molecule has 0 aliphatic rings. The molecule has 0 saturated heterocycles. The summed E-state index contributed by atoms with van der Waals surface area (Å²) in [4.78, 5) is 11.0. The van der Waals surface area contributed by atoms with Gasteiger partial charge in [0.1, 0.15) is 0 Å². The van der Waals surface area contributed by atoms with E-state index < -0.39 is 0 Å². The van der Waals surface area contributed by atoms with Gasteiger partial charge in [-0.1, -0.05) is 13.8 Å². The number of hydrogen-bond acceptors (Lipinski definition) is 2. The number of halogens is 2. The van der Waals surface area contributed by atoms with E-state index in [1.54, 1.807) is 0 Å². The third-order valence-electron chi connectivity index (χ3n) is 1.61. The first-order valence-electron chi connectivity index (χ1n) is 3.92. The smallest absolute Gasteiger partial charge is 0.308 e. The average molecular weight is 217 g/mol. The van der Waals surface area contributed by atoms with Crippen molar-refractivity contribution in [2.75, 3.05) is 6.61 Å². The maximum Gasteiger partial charge on any atom is 0.308 e. The Morgan fingerprint density at radius 1 is 1.17 bits per heavy atom. The number of hydrogen-bond donors (Lipinski definition) is 0. The first kappa shape index (κ1) is 18.0. The summed E-state index contributed by atoms with van der Waals surface area (Å²) in [5, 5.41) is 0. The van der Waals surface area contributed by atoms with Gasteiger partial charge in [0, 0.05) is 0 Å². The lowest BCUT2D eigenvalue weighted by molar-refractivity contribution is -0.148. The minimum atomic E-state index is -0.0486. The fourth-order valence-electron chi connectivity index (χ4n) is 0.882. The highest BCUT2D eigenvalue weighted by atomic mass is 35.5. The van der Waals surface area contributed by atoms with Gasteiger partial charge in [-0.25, -0.2) is 0 Å².